The van der Waals surface area contributed by atoms with Crippen LogP contribution in [0.4, 0.5) is 0 Å². The fraction of sp³-hybridized carbons (Fsp3) is 0. The predicted octanol–water partition coefficient (Wildman–Crippen LogP) is 9.10. The molecule has 0 saturated heterocycles. The van der Waals surface area contributed by atoms with E-state index < -0.39 is 0 Å². The van der Waals surface area contributed by atoms with Crippen molar-refractivity contribution in [2.45, 2.75) is 0 Å². The van der Waals surface area contributed by atoms with E-state index in [1.807, 2.05) is 6.07 Å². The number of aromatic nitrogens is 1. The number of rotatable bonds is 1. The molecular formula is C30H18ClN. The molecule has 0 aliphatic carbocycles. The van der Waals surface area contributed by atoms with E-state index in [1.165, 1.54) is 48.8 Å². The molecule has 6 aromatic carbocycles. The Morgan fingerprint density at radius 2 is 1.25 bits per heavy atom. The molecule has 0 radical (unpaired) electrons. The maximum Gasteiger partial charge on any atom is 0.0551 e. The van der Waals surface area contributed by atoms with Crippen molar-refractivity contribution in [1.82, 2.24) is 4.98 Å². The molecule has 1 heterocycles. The first kappa shape index (κ1) is 17.8. The monoisotopic (exact) mass is 427 g/mol. The number of benzene rings is 6. The van der Waals surface area contributed by atoms with Gasteiger partial charge in [-0.3, -0.25) is 0 Å². The zero-order valence-electron chi connectivity index (χ0n) is 17.2. The molecule has 0 atom stereocenters. The molecule has 1 N–H and O–H groups in total. The Balaban J connectivity index is 1.77. The van der Waals surface area contributed by atoms with Gasteiger partial charge in [0.2, 0.25) is 0 Å². The van der Waals surface area contributed by atoms with E-state index >= 15 is 0 Å². The molecular weight excluding hydrogens is 410 g/mol. The molecule has 0 bridgehead atoms. The highest BCUT2D eigenvalue weighted by Crippen LogP contribution is 2.43. The molecule has 0 spiro atoms. The smallest absolute Gasteiger partial charge is 0.0551 e. The Labute approximate surface area is 189 Å². The van der Waals surface area contributed by atoms with Crippen LogP contribution in [0.5, 0.6) is 0 Å². The third kappa shape index (κ3) is 2.46. The van der Waals surface area contributed by atoms with Crippen molar-refractivity contribution in [3.8, 4) is 11.1 Å². The van der Waals surface area contributed by atoms with Crippen LogP contribution in [0.3, 0.4) is 0 Å². The molecule has 1 nitrogen and oxygen atoms in total. The molecule has 0 saturated carbocycles. The SMILES string of the molecule is Clc1ccc2[nH]c3c(-c4cccc5ccccc45)c4ccc5ccccc5c4cc3c2c1. The lowest BCUT2D eigenvalue weighted by molar-refractivity contribution is 1.55. The van der Waals surface area contributed by atoms with E-state index in [0.29, 0.717) is 0 Å². The van der Waals surface area contributed by atoms with Crippen LogP contribution in [0.15, 0.2) is 103 Å². The van der Waals surface area contributed by atoms with E-state index in [2.05, 4.69) is 102 Å². The van der Waals surface area contributed by atoms with Gasteiger partial charge in [-0.15, -0.1) is 0 Å². The van der Waals surface area contributed by atoms with Crippen LogP contribution in [0, 0.1) is 0 Å². The summed E-state index contributed by atoms with van der Waals surface area (Å²) in [5.41, 5.74) is 4.74. The first-order chi connectivity index (χ1) is 15.8. The lowest BCUT2D eigenvalue weighted by atomic mass is 9.90. The zero-order chi connectivity index (χ0) is 21.2. The highest BCUT2D eigenvalue weighted by molar-refractivity contribution is 6.32. The first-order valence-electron chi connectivity index (χ1n) is 10.8. The van der Waals surface area contributed by atoms with Gasteiger partial charge in [0.15, 0.2) is 0 Å². The van der Waals surface area contributed by atoms with Gasteiger partial charge in [0.1, 0.15) is 0 Å². The molecule has 0 aliphatic heterocycles. The number of H-pyrrole nitrogens is 1. The summed E-state index contributed by atoms with van der Waals surface area (Å²) in [5, 5.41) is 10.7. The van der Waals surface area contributed by atoms with Crippen molar-refractivity contribution in [3.63, 3.8) is 0 Å². The Hall–Kier alpha value is -3.81. The molecule has 7 rings (SSSR count). The van der Waals surface area contributed by atoms with E-state index in [-0.39, 0.29) is 0 Å². The van der Waals surface area contributed by atoms with Crippen molar-refractivity contribution in [2.24, 2.45) is 0 Å². The van der Waals surface area contributed by atoms with Gasteiger partial charge in [0.25, 0.3) is 0 Å². The summed E-state index contributed by atoms with van der Waals surface area (Å²) in [4.78, 5) is 3.72. The second-order valence-electron chi connectivity index (χ2n) is 8.40. The highest BCUT2D eigenvalue weighted by Gasteiger charge is 2.17. The second kappa shape index (κ2) is 6.59. The zero-order valence-corrected chi connectivity index (χ0v) is 17.9. The van der Waals surface area contributed by atoms with Gasteiger partial charge in [-0.2, -0.15) is 0 Å². The van der Waals surface area contributed by atoms with Crippen LogP contribution < -0.4 is 0 Å². The van der Waals surface area contributed by atoms with Gasteiger partial charge >= 0.3 is 0 Å². The lowest BCUT2D eigenvalue weighted by Crippen LogP contribution is -1.88. The van der Waals surface area contributed by atoms with Gasteiger partial charge in [0.05, 0.1) is 5.52 Å². The third-order valence-corrected chi connectivity index (χ3v) is 6.87. The van der Waals surface area contributed by atoms with E-state index in [9.17, 15) is 0 Å². The maximum atomic E-state index is 6.41. The predicted molar refractivity (Wildman–Crippen MR) is 139 cm³/mol. The molecule has 0 unspecified atom stereocenters. The molecule has 150 valence electrons. The number of hydrogen-bond donors (Lipinski definition) is 1. The van der Waals surface area contributed by atoms with Crippen molar-refractivity contribution in [2.75, 3.05) is 0 Å². The molecule has 2 heteroatoms. The standard InChI is InChI=1S/C30H18ClN/c31-20-13-15-28-26(16-20)27-17-25-22-10-4-2-7-19(22)12-14-24(25)29(30(27)32-28)23-11-5-8-18-6-1-3-9-21(18)23/h1-17,32H. The van der Waals surface area contributed by atoms with E-state index in [1.54, 1.807) is 0 Å². The van der Waals surface area contributed by atoms with E-state index in [4.69, 9.17) is 11.6 Å². The van der Waals surface area contributed by atoms with Crippen LogP contribution >= 0.6 is 11.6 Å². The van der Waals surface area contributed by atoms with Crippen LogP contribution in [0.2, 0.25) is 5.02 Å². The fourth-order valence-electron chi connectivity index (χ4n) is 5.20. The summed E-state index contributed by atoms with van der Waals surface area (Å²) in [6.45, 7) is 0. The Bertz CT molecular complexity index is 1840. The average Bonchev–Trinajstić information content (AvgIpc) is 3.19. The quantitative estimate of drug-likeness (QED) is 0.251. The van der Waals surface area contributed by atoms with Gasteiger partial charge in [-0.25, -0.2) is 0 Å². The number of halogens is 1. The highest BCUT2D eigenvalue weighted by atomic mass is 35.5. The van der Waals surface area contributed by atoms with Gasteiger partial charge < -0.3 is 4.98 Å². The Morgan fingerprint density at radius 1 is 0.500 bits per heavy atom. The van der Waals surface area contributed by atoms with Crippen molar-refractivity contribution in [1.29, 1.82) is 0 Å². The molecule has 32 heavy (non-hydrogen) atoms. The van der Waals surface area contributed by atoms with Gasteiger partial charge in [0, 0.05) is 26.9 Å². The minimum atomic E-state index is 0.753. The molecule has 0 aliphatic rings. The maximum absolute atomic E-state index is 6.41. The fourth-order valence-corrected chi connectivity index (χ4v) is 5.38. The molecule has 0 amide bonds. The summed E-state index contributed by atoms with van der Waals surface area (Å²) < 4.78 is 0. The van der Waals surface area contributed by atoms with Crippen LogP contribution in [0.1, 0.15) is 0 Å². The number of aromatic amines is 1. The van der Waals surface area contributed by atoms with Crippen LogP contribution in [0.25, 0.3) is 65.3 Å². The van der Waals surface area contributed by atoms with Crippen LogP contribution in [-0.4, -0.2) is 4.98 Å². The first-order valence-corrected chi connectivity index (χ1v) is 11.2. The Morgan fingerprint density at radius 3 is 2.12 bits per heavy atom. The van der Waals surface area contributed by atoms with Crippen molar-refractivity contribution >= 4 is 65.7 Å². The number of hydrogen-bond acceptors (Lipinski definition) is 0. The summed E-state index contributed by atoms with van der Waals surface area (Å²) in [7, 11) is 0. The topological polar surface area (TPSA) is 15.8 Å². The summed E-state index contributed by atoms with van der Waals surface area (Å²) in [6.07, 6.45) is 0. The van der Waals surface area contributed by atoms with Crippen molar-refractivity contribution < 1.29 is 0 Å². The summed E-state index contributed by atoms with van der Waals surface area (Å²) in [6, 6.07) is 36.8. The molecule has 1 aromatic heterocycles. The molecule has 0 fully saturated rings. The van der Waals surface area contributed by atoms with Gasteiger partial charge in [-0.1, -0.05) is 90.5 Å². The van der Waals surface area contributed by atoms with Crippen LogP contribution in [-0.2, 0) is 0 Å². The van der Waals surface area contributed by atoms with Crippen molar-refractivity contribution in [3.05, 3.63) is 108 Å². The van der Waals surface area contributed by atoms with E-state index in [0.717, 1.165) is 21.4 Å². The van der Waals surface area contributed by atoms with Gasteiger partial charge in [-0.05, 0) is 62.1 Å². The minimum Gasteiger partial charge on any atom is -0.354 e. The summed E-state index contributed by atoms with van der Waals surface area (Å²) >= 11 is 6.41. The second-order valence-corrected chi connectivity index (χ2v) is 8.83. The normalized spacial score (nSPS) is 11.9. The average molecular weight is 428 g/mol. The summed E-state index contributed by atoms with van der Waals surface area (Å²) in [5.74, 6) is 0. The lowest BCUT2D eigenvalue weighted by Gasteiger charge is -2.14. The molecule has 7 aromatic rings. The third-order valence-electron chi connectivity index (χ3n) is 6.64. The number of nitrogens with one attached hydrogen (secondary N) is 1. The number of fused-ring (bicyclic) bond motifs is 7. The Kier molecular flexibility index (Phi) is 3.67. The largest absolute Gasteiger partial charge is 0.354 e. The minimum absolute atomic E-state index is 0.753.